The fourth-order valence-corrected chi connectivity index (χ4v) is 5.90. The number of hydrogen-bond acceptors (Lipinski definition) is 7. The van der Waals surface area contributed by atoms with Crippen LogP contribution < -0.4 is 20.7 Å². The minimum absolute atomic E-state index is 0.111. The van der Waals surface area contributed by atoms with Crippen LogP contribution in [-0.4, -0.2) is 35.1 Å². The van der Waals surface area contributed by atoms with Crippen LogP contribution >= 0.6 is 23.1 Å². The number of anilines is 2. The van der Waals surface area contributed by atoms with Crippen LogP contribution in [0.1, 0.15) is 28.4 Å². The molecule has 0 aliphatic rings. The highest BCUT2D eigenvalue weighted by molar-refractivity contribution is 8.00. The molecule has 0 spiro atoms. The van der Waals surface area contributed by atoms with Crippen molar-refractivity contribution in [1.29, 1.82) is 0 Å². The van der Waals surface area contributed by atoms with E-state index < -0.39 is 11.2 Å². The van der Waals surface area contributed by atoms with Crippen LogP contribution in [0.2, 0.25) is 0 Å². The van der Waals surface area contributed by atoms with Crippen molar-refractivity contribution >= 4 is 67.9 Å². The highest BCUT2D eigenvalue weighted by Crippen LogP contribution is 2.31. The van der Waals surface area contributed by atoms with Crippen LogP contribution in [0.15, 0.2) is 108 Å². The molecule has 5 rings (SSSR count). The van der Waals surface area contributed by atoms with E-state index in [0.29, 0.717) is 16.4 Å². The third-order valence-electron chi connectivity index (χ3n) is 6.54. The van der Waals surface area contributed by atoms with Gasteiger partial charge in [0.2, 0.25) is 5.91 Å². The summed E-state index contributed by atoms with van der Waals surface area (Å²) >= 11 is 2.78. The molecule has 0 saturated carbocycles. The normalized spacial score (nSPS) is 11.9. The first-order valence-corrected chi connectivity index (χ1v) is 15.5. The summed E-state index contributed by atoms with van der Waals surface area (Å²) in [5.41, 5.74) is 3.76. The minimum Gasteiger partial charge on any atom is -0.497 e. The molecule has 0 fully saturated rings. The Labute approximate surface area is 263 Å². The van der Waals surface area contributed by atoms with Crippen LogP contribution in [0.25, 0.3) is 16.3 Å². The van der Waals surface area contributed by atoms with Crippen molar-refractivity contribution in [2.75, 3.05) is 17.7 Å². The first-order chi connectivity index (χ1) is 21.3. The molecule has 4 aromatic carbocycles. The predicted molar refractivity (Wildman–Crippen MR) is 178 cm³/mol. The summed E-state index contributed by atoms with van der Waals surface area (Å²) in [4.78, 5) is 44.4. The second-order valence-electron chi connectivity index (χ2n) is 9.87. The molecule has 0 radical (unpaired) electrons. The SMILES string of the molecule is COc1ccc2nc(NC(=O)C(C)Sc3ccc(NC(=O)/C(=C/c4ccc(C)cc4)NC(=O)c4ccccc4)cc3)sc2c1. The van der Waals surface area contributed by atoms with E-state index in [1.54, 1.807) is 49.6 Å². The van der Waals surface area contributed by atoms with Crippen LogP contribution in [-0.2, 0) is 9.59 Å². The van der Waals surface area contributed by atoms with Gasteiger partial charge in [0.05, 0.1) is 22.6 Å². The summed E-state index contributed by atoms with van der Waals surface area (Å²) in [5.74, 6) is -0.281. The van der Waals surface area contributed by atoms with Gasteiger partial charge >= 0.3 is 0 Å². The lowest BCUT2D eigenvalue weighted by Crippen LogP contribution is -2.30. The summed E-state index contributed by atoms with van der Waals surface area (Å²) in [7, 11) is 1.61. The Morgan fingerprint density at radius 2 is 1.64 bits per heavy atom. The first-order valence-electron chi connectivity index (χ1n) is 13.8. The van der Waals surface area contributed by atoms with E-state index in [-0.39, 0.29) is 17.5 Å². The van der Waals surface area contributed by atoms with Crippen LogP contribution in [0.5, 0.6) is 5.75 Å². The molecule has 3 amide bonds. The average Bonchev–Trinajstić information content (AvgIpc) is 3.44. The second kappa shape index (κ2) is 14.0. The standard InChI is InChI=1S/C34H30N4O4S2/c1-21-9-11-23(12-10-21)19-29(36-32(40)24-7-5-4-6-8-24)33(41)35-25-13-16-27(17-14-25)43-22(2)31(39)38-34-37-28-18-15-26(42-3)20-30(28)44-34/h4-20,22H,1-3H3,(H,35,41)(H,36,40)(H,37,38,39)/b29-19-. The lowest BCUT2D eigenvalue weighted by Gasteiger charge is -2.13. The summed E-state index contributed by atoms with van der Waals surface area (Å²) in [6, 6.07) is 29.1. The number of ether oxygens (including phenoxy) is 1. The van der Waals surface area contributed by atoms with Gasteiger partial charge in [-0.1, -0.05) is 59.4 Å². The van der Waals surface area contributed by atoms with E-state index in [9.17, 15) is 14.4 Å². The lowest BCUT2D eigenvalue weighted by atomic mass is 10.1. The molecule has 1 atom stereocenters. The molecule has 222 valence electrons. The molecule has 0 aliphatic heterocycles. The highest BCUT2D eigenvalue weighted by atomic mass is 32.2. The smallest absolute Gasteiger partial charge is 0.272 e. The Bertz CT molecular complexity index is 1820. The number of hydrogen-bond donors (Lipinski definition) is 3. The molecule has 1 unspecified atom stereocenters. The summed E-state index contributed by atoms with van der Waals surface area (Å²) in [6.45, 7) is 3.80. The third kappa shape index (κ3) is 7.91. The number of thiazole rings is 1. The number of nitrogens with zero attached hydrogens (tertiary/aromatic N) is 1. The van der Waals surface area contributed by atoms with Crippen molar-refractivity contribution in [2.45, 2.75) is 24.0 Å². The number of amides is 3. The Kier molecular flexibility index (Phi) is 9.73. The Balaban J connectivity index is 1.22. The van der Waals surface area contributed by atoms with Gasteiger partial charge in [0.15, 0.2) is 5.13 Å². The number of rotatable bonds is 10. The van der Waals surface area contributed by atoms with Crippen LogP contribution in [0, 0.1) is 6.92 Å². The van der Waals surface area contributed by atoms with E-state index in [0.717, 1.165) is 32.0 Å². The molecule has 1 heterocycles. The van der Waals surface area contributed by atoms with Crippen LogP contribution in [0.4, 0.5) is 10.8 Å². The number of carbonyl (C=O) groups excluding carboxylic acids is 3. The van der Waals surface area contributed by atoms with Gasteiger partial charge < -0.3 is 20.7 Å². The molecular formula is C34H30N4O4S2. The van der Waals surface area contributed by atoms with E-state index in [1.807, 2.05) is 74.5 Å². The predicted octanol–water partition coefficient (Wildman–Crippen LogP) is 7.14. The molecule has 5 aromatic rings. The molecule has 0 bridgehead atoms. The Hall–Kier alpha value is -4.93. The Morgan fingerprint density at radius 3 is 2.34 bits per heavy atom. The van der Waals surface area contributed by atoms with Crippen molar-refractivity contribution < 1.29 is 19.1 Å². The zero-order valence-electron chi connectivity index (χ0n) is 24.3. The van der Waals surface area contributed by atoms with Gasteiger partial charge in [-0.2, -0.15) is 0 Å². The number of aryl methyl sites for hydroxylation is 1. The van der Waals surface area contributed by atoms with E-state index in [2.05, 4.69) is 20.9 Å². The number of carbonyl (C=O) groups is 3. The van der Waals surface area contributed by atoms with Gasteiger partial charge in [0, 0.05) is 16.1 Å². The molecule has 0 aliphatic carbocycles. The number of thioether (sulfide) groups is 1. The van der Waals surface area contributed by atoms with E-state index in [1.165, 1.54) is 23.1 Å². The maximum absolute atomic E-state index is 13.3. The van der Waals surface area contributed by atoms with Crippen molar-refractivity contribution in [3.63, 3.8) is 0 Å². The van der Waals surface area contributed by atoms with Gasteiger partial charge in [-0.3, -0.25) is 14.4 Å². The van der Waals surface area contributed by atoms with E-state index >= 15 is 0 Å². The largest absolute Gasteiger partial charge is 0.497 e. The molecule has 0 saturated heterocycles. The van der Waals surface area contributed by atoms with Gasteiger partial charge in [-0.15, -0.1) is 11.8 Å². The number of nitrogens with one attached hydrogen (secondary N) is 3. The minimum atomic E-state index is -0.462. The maximum Gasteiger partial charge on any atom is 0.272 e. The molecule has 3 N–H and O–H groups in total. The molecular weight excluding hydrogens is 593 g/mol. The van der Waals surface area contributed by atoms with Crippen molar-refractivity contribution in [3.8, 4) is 5.75 Å². The number of benzene rings is 4. The van der Waals surface area contributed by atoms with Crippen molar-refractivity contribution in [2.24, 2.45) is 0 Å². The number of fused-ring (bicyclic) bond motifs is 1. The van der Waals surface area contributed by atoms with Crippen LogP contribution in [0.3, 0.4) is 0 Å². The summed E-state index contributed by atoms with van der Waals surface area (Å²) in [6.07, 6.45) is 1.64. The quantitative estimate of drug-likeness (QED) is 0.113. The zero-order valence-corrected chi connectivity index (χ0v) is 25.9. The van der Waals surface area contributed by atoms with Gasteiger partial charge in [-0.05, 0) is 80.1 Å². The number of aromatic nitrogens is 1. The van der Waals surface area contributed by atoms with E-state index in [4.69, 9.17) is 4.74 Å². The summed E-state index contributed by atoms with van der Waals surface area (Å²) in [5, 5.41) is 8.64. The topological polar surface area (TPSA) is 109 Å². The lowest BCUT2D eigenvalue weighted by molar-refractivity contribution is -0.115. The second-order valence-corrected chi connectivity index (χ2v) is 12.3. The van der Waals surface area contributed by atoms with Crippen molar-refractivity contribution in [3.05, 3.63) is 119 Å². The molecule has 10 heteroatoms. The fraction of sp³-hybridized carbons (Fsp3) is 0.118. The summed E-state index contributed by atoms with van der Waals surface area (Å²) < 4.78 is 6.19. The highest BCUT2D eigenvalue weighted by Gasteiger charge is 2.18. The van der Waals surface area contributed by atoms with Gasteiger partial charge in [-0.25, -0.2) is 4.98 Å². The van der Waals surface area contributed by atoms with Crippen molar-refractivity contribution in [1.82, 2.24) is 10.3 Å². The third-order valence-corrected chi connectivity index (χ3v) is 8.58. The zero-order chi connectivity index (χ0) is 31.1. The number of methoxy groups -OCH3 is 1. The molecule has 8 nitrogen and oxygen atoms in total. The van der Waals surface area contributed by atoms with Gasteiger partial charge in [0.25, 0.3) is 11.8 Å². The molecule has 1 aromatic heterocycles. The van der Waals surface area contributed by atoms with Gasteiger partial charge in [0.1, 0.15) is 11.4 Å². The molecule has 44 heavy (non-hydrogen) atoms. The monoisotopic (exact) mass is 622 g/mol. The Morgan fingerprint density at radius 1 is 0.909 bits per heavy atom. The average molecular weight is 623 g/mol. The first kappa shape index (κ1) is 30.5. The fourth-order valence-electron chi connectivity index (χ4n) is 4.14. The maximum atomic E-state index is 13.3.